The van der Waals surface area contributed by atoms with Crippen molar-refractivity contribution in [3.8, 4) is 5.75 Å². The number of nitrogens with zero attached hydrogens (tertiary/aromatic N) is 2. The van der Waals surface area contributed by atoms with Crippen LogP contribution in [0.3, 0.4) is 0 Å². The number of carbonyl (C=O) groups is 2. The van der Waals surface area contributed by atoms with E-state index in [1.807, 2.05) is 31.2 Å². The second-order valence-corrected chi connectivity index (χ2v) is 7.95. The van der Waals surface area contributed by atoms with Gasteiger partial charge in [0.15, 0.2) is 5.17 Å². The number of carbonyl (C=O) groups excluding carboxylic acids is 2. The monoisotopic (exact) mass is 474 g/mol. The SMILES string of the molecule is CCOc1ccc(Br)cc1/C=C1/SC(=Nc2ccc(C(=O)OC)cc2)N(C)C1=O. The Morgan fingerprint density at radius 3 is 2.62 bits per heavy atom. The molecule has 2 aromatic rings. The predicted octanol–water partition coefficient (Wildman–Crippen LogP) is 4.87. The van der Waals surface area contributed by atoms with Crippen molar-refractivity contribution in [2.45, 2.75) is 6.92 Å². The summed E-state index contributed by atoms with van der Waals surface area (Å²) in [6.45, 7) is 2.45. The third-order valence-corrected chi connectivity index (χ3v) is 5.63. The Morgan fingerprint density at radius 1 is 1.24 bits per heavy atom. The molecule has 0 aromatic heterocycles. The van der Waals surface area contributed by atoms with Crippen LogP contribution >= 0.6 is 27.7 Å². The highest BCUT2D eigenvalue weighted by atomic mass is 79.9. The van der Waals surface area contributed by atoms with Gasteiger partial charge in [0.05, 0.1) is 29.9 Å². The number of hydrogen-bond acceptors (Lipinski definition) is 6. The van der Waals surface area contributed by atoms with E-state index in [2.05, 4.69) is 20.9 Å². The van der Waals surface area contributed by atoms with Crippen LogP contribution in [-0.2, 0) is 9.53 Å². The van der Waals surface area contributed by atoms with Gasteiger partial charge in [-0.1, -0.05) is 15.9 Å². The standard InChI is InChI=1S/C21H19BrN2O4S/c1-4-28-17-10-7-15(22)11-14(17)12-18-19(25)24(2)21(29-18)23-16-8-5-13(6-9-16)20(26)27-3/h5-12H,4H2,1-3H3/b18-12+,23-21?. The van der Waals surface area contributed by atoms with Crippen LogP contribution in [0.25, 0.3) is 6.08 Å². The summed E-state index contributed by atoms with van der Waals surface area (Å²) in [7, 11) is 3.02. The summed E-state index contributed by atoms with van der Waals surface area (Å²) in [6.07, 6.45) is 1.81. The van der Waals surface area contributed by atoms with E-state index in [9.17, 15) is 9.59 Å². The van der Waals surface area contributed by atoms with E-state index in [0.29, 0.717) is 33.7 Å². The Labute approximate surface area is 181 Å². The zero-order valence-corrected chi connectivity index (χ0v) is 18.5. The molecule has 0 spiro atoms. The van der Waals surface area contributed by atoms with Crippen molar-refractivity contribution in [1.29, 1.82) is 0 Å². The summed E-state index contributed by atoms with van der Waals surface area (Å²) in [5.41, 5.74) is 1.89. The first-order valence-corrected chi connectivity index (χ1v) is 10.4. The Balaban J connectivity index is 1.88. The van der Waals surface area contributed by atoms with Crippen molar-refractivity contribution < 1.29 is 19.1 Å². The van der Waals surface area contributed by atoms with Gasteiger partial charge in [0, 0.05) is 17.1 Å². The molecule has 1 amide bonds. The maximum absolute atomic E-state index is 12.7. The zero-order valence-electron chi connectivity index (χ0n) is 16.1. The quantitative estimate of drug-likeness (QED) is 0.456. The molecular weight excluding hydrogens is 456 g/mol. The van der Waals surface area contributed by atoms with Gasteiger partial charge in [-0.3, -0.25) is 9.69 Å². The number of hydrogen-bond donors (Lipinski definition) is 0. The highest BCUT2D eigenvalue weighted by Crippen LogP contribution is 2.35. The van der Waals surface area contributed by atoms with Gasteiger partial charge in [0.25, 0.3) is 5.91 Å². The summed E-state index contributed by atoms with van der Waals surface area (Å²) < 4.78 is 11.3. The number of ether oxygens (including phenoxy) is 2. The average Bonchev–Trinajstić information content (AvgIpc) is 2.98. The molecule has 150 valence electrons. The van der Waals surface area contributed by atoms with E-state index >= 15 is 0 Å². The van der Waals surface area contributed by atoms with Gasteiger partial charge in [-0.2, -0.15) is 0 Å². The molecule has 0 atom stereocenters. The van der Waals surface area contributed by atoms with Gasteiger partial charge in [-0.05, 0) is 67.2 Å². The van der Waals surface area contributed by atoms with Crippen molar-refractivity contribution in [3.63, 3.8) is 0 Å². The first-order valence-electron chi connectivity index (χ1n) is 8.80. The first-order chi connectivity index (χ1) is 13.9. The number of methoxy groups -OCH3 is 1. The first kappa shape index (κ1) is 21.1. The molecule has 1 aliphatic rings. The van der Waals surface area contributed by atoms with E-state index in [4.69, 9.17) is 9.47 Å². The van der Waals surface area contributed by atoms with Gasteiger partial charge in [0.2, 0.25) is 0 Å². The number of thioether (sulfide) groups is 1. The number of amidine groups is 1. The minimum atomic E-state index is -0.406. The fraction of sp³-hybridized carbons (Fsp3) is 0.190. The van der Waals surface area contributed by atoms with Crippen molar-refractivity contribution in [2.75, 3.05) is 20.8 Å². The van der Waals surface area contributed by atoms with Gasteiger partial charge >= 0.3 is 5.97 Å². The maximum Gasteiger partial charge on any atom is 0.337 e. The lowest BCUT2D eigenvalue weighted by Crippen LogP contribution is -2.23. The number of rotatable bonds is 5. The fourth-order valence-electron chi connectivity index (χ4n) is 2.61. The number of halogens is 1. The second-order valence-electron chi connectivity index (χ2n) is 6.02. The molecule has 3 rings (SSSR count). The summed E-state index contributed by atoms with van der Waals surface area (Å²) in [6, 6.07) is 12.4. The lowest BCUT2D eigenvalue weighted by molar-refractivity contribution is -0.121. The van der Waals surface area contributed by atoms with Gasteiger partial charge in [-0.15, -0.1) is 0 Å². The number of benzene rings is 2. The lowest BCUT2D eigenvalue weighted by atomic mass is 10.2. The molecule has 1 heterocycles. The van der Waals surface area contributed by atoms with Crippen LogP contribution in [0.1, 0.15) is 22.8 Å². The lowest BCUT2D eigenvalue weighted by Gasteiger charge is -2.08. The number of aliphatic imine (C=N–C) groups is 1. The molecule has 1 fully saturated rings. The normalized spacial score (nSPS) is 16.6. The average molecular weight is 475 g/mol. The van der Waals surface area contributed by atoms with Crippen molar-refractivity contribution in [2.24, 2.45) is 4.99 Å². The Hall–Kier alpha value is -2.58. The third kappa shape index (κ3) is 4.89. The van der Waals surface area contributed by atoms with Crippen molar-refractivity contribution in [1.82, 2.24) is 4.90 Å². The minimum absolute atomic E-state index is 0.137. The van der Waals surface area contributed by atoms with E-state index < -0.39 is 5.97 Å². The summed E-state index contributed by atoms with van der Waals surface area (Å²) in [5.74, 6) is 0.168. The van der Waals surface area contributed by atoms with E-state index in [0.717, 1.165) is 10.0 Å². The van der Waals surface area contributed by atoms with Gasteiger partial charge < -0.3 is 9.47 Å². The Morgan fingerprint density at radius 2 is 1.97 bits per heavy atom. The molecule has 1 saturated heterocycles. The van der Waals surface area contributed by atoms with Gasteiger partial charge in [-0.25, -0.2) is 9.79 Å². The minimum Gasteiger partial charge on any atom is -0.493 e. The summed E-state index contributed by atoms with van der Waals surface area (Å²) in [5, 5.41) is 0.556. The Bertz CT molecular complexity index is 1000. The Kier molecular flexibility index (Phi) is 6.76. The van der Waals surface area contributed by atoms with Crippen LogP contribution in [0.4, 0.5) is 5.69 Å². The molecule has 29 heavy (non-hydrogen) atoms. The summed E-state index contributed by atoms with van der Waals surface area (Å²) >= 11 is 4.75. The topological polar surface area (TPSA) is 68.2 Å². The van der Waals surface area contributed by atoms with E-state index in [1.54, 1.807) is 31.3 Å². The molecule has 6 nitrogen and oxygen atoms in total. The molecule has 0 saturated carbocycles. The van der Waals surface area contributed by atoms with E-state index in [1.165, 1.54) is 23.8 Å². The molecular formula is C21H19BrN2O4S. The van der Waals surface area contributed by atoms with Crippen LogP contribution in [-0.4, -0.2) is 42.7 Å². The molecule has 0 unspecified atom stereocenters. The molecule has 0 aliphatic carbocycles. The number of amides is 1. The fourth-order valence-corrected chi connectivity index (χ4v) is 3.97. The molecule has 0 radical (unpaired) electrons. The highest BCUT2D eigenvalue weighted by Gasteiger charge is 2.30. The molecule has 0 bridgehead atoms. The van der Waals surface area contributed by atoms with Crippen LogP contribution < -0.4 is 4.74 Å². The zero-order chi connectivity index (χ0) is 21.0. The second kappa shape index (κ2) is 9.28. The molecule has 0 N–H and O–H groups in total. The summed E-state index contributed by atoms with van der Waals surface area (Å²) in [4.78, 5) is 30.8. The van der Waals surface area contributed by atoms with Crippen LogP contribution in [0.5, 0.6) is 5.75 Å². The molecule has 8 heteroatoms. The van der Waals surface area contributed by atoms with Crippen LogP contribution in [0, 0.1) is 0 Å². The number of likely N-dealkylation sites (N-methyl/N-ethyl adjacent to an activating group) is 1. The third-order valence-electron chi connectivity index (χ3n) is 4.08. The van der Waals surface area contributed by atoms with Crippen molar-refractivity contribution in [3.05, 3.63) is 63.0 Å². The molecule has 2 aromatic carbocycles. The van der Waals surface area contributed by atoms with E-state index in [-0.39, 0.29) is 5.91 Å². The van der Waals surface area contributed by atoms with Crippen LogP contribution in [0.2, 0.25) is 0 Å². The largest absolute Gasteiger partial charge is 0.493 e. The smallest absolute Gasteiger partial charge is 0.337 e. The van der Waals surface area contributed by atoms with Gasteiger partial charge in [0.1, 0.15) is 5.75 Å². The maximum atomic E-state index is 12.7. The highest BCUT2D eigenvalue weighted by molar-refractivity contribution is 9.10. The number of esters is 1. The van der Waals surface area contributed by atoms with Crippen molar-refractivity contribution >= 4 is 56.5 Å². The predicted molar refractivity (Wildman–Crippen MR) is 119 cm³/mol. The van der Waals surface area contributed by atoms with Crippen LogP contribution in [0.15, 0.2) is 56.8 Å². The molecule has 1 aliphatic heterocycles.